The summed E-state index contributed by atoms with van der Waals surface area (Å²) >= 11 is 3.26. The Kier molecular flexibility index (Phi) is 6.82. The molecule has 0 unspecified atom stereocenters. The van der Waals surface area contributed by atoms with Gasteiger partial charge in [0, 0.05) is 29.2 Å². The first-order valence-corrected chi connectivity index (χ1v) is 7.20. The first-order valence-electron chi connectivity index (χ1n) is 6.41. The predicted octanol–water partition coefficient (Wildman–Crippen LogP) is 3.57. The number of hydrogen-bond donors (Lipinski definition) is 1. The second-order valence-electron chi connectivity index (χ2n) is 4.40. The van der Waals surface area contributed by atoms with Gasteiger partial charge in [-0.05, 0) is 25.0 Å². The molecule has 0 atom stereocenters. The molecule has 0 saturated carbocycles. The van der Waals surface area contributed by atoms with E-state index in [1.807, 2.05) is 6.07 Å². The van der Waals surface area contributed by atoms with Crippen molar-refractivity contribution in [3.8, 4) is 0 Å². The van der Waals surface area contributed by atoms with Crippen LogP contribution in [-0.2, 0) is 6.54 Å². The first kappa shape index (κ1) is 15.6. The van der Waals surface area contributed by atoms with Gasteiger partial charge in [-0.25, -0.2) is 4.39 Å². The van der Waals surface area contributed by atoms with E-state index in [1.165, 1.54) is 6.07 Å². The number of hydrogen-bond acceptors (Lipinski definition) is 2. The molecular formula is C14H21BrFNO. The third kappa shape index (κ3) is 4.34. The van der Waals surface area contributed by atoms with E-state index in [1.54, 1.807) is 6.07 Å². The van der Waals surface area contributed by atoms with E-state index < -0.39 is 0 Å². The molecule has 0 fully saturated rings. The average Bonchev–Trinajstić information content (AvgIpc) is 2.34. The summed E-state index contributed by atoms with van der Waals surface area (Å²) in [5, 5.41) is 9.13. The SMILES string of the molecule is CCC(CC)N(CCO)Cc1ccc(Br)cc1F. The molecule has 1 N–H and O–H groups in total. The van der Waals surface area contributed by atoms with Gasteiger partial charge in [0.1, 0.15) is 5.82 Å². The van der Waals surface area contributed by atoms with Gasteiger partial charge >= 0.3 is 0 Å². The Morgan fingerprint density at radius 2 is 2.00 bits per heavy atom. The lowest BCUT2D eigenvalue weighted by molar-refractivity contribution is 0.135. The van der Waals surface area contributed by atoms with Crippen molar-refractivity contribution in [2.45, 2.75) is 39.3 Å². The Labute approximate surface area is 117 Å². The Morgan fingerprint density at radius 3 is 2.50 bits per heavy atom. The van der Waals surface area contributed by atoms with Crippen LogP contribution >= 0.6 is 15.9 Å². The summed E-state index contributed by atoms with van der Waals surface area (Å²) in [5.74, 6) is -0.196. The van der Waals surface area contributed by atoms with Crippen molar-refractivity contribution in [2.24, 2.45) is 0 Å². The fourth-order valence-electron chi connectivity index (χ4n) is 2.19. The number of nitrogens with zero attached hydrogens (tertiary/aromatic N) is 1. The number of halogens is 2. The van der Waals surface area contributed by atoms with Gasteiger partial charge in [0.2, 0.25) is 0 Å². The molecule has 0 heterocycles. The highest BCUT2D eigenvalue weighted by atomic mass is 79.9. The van der Waals surface area contributed by atoms with Crippen molar-refractivity contribution in [1.29, 1.82) is 0 Å². The molecule has 102 valence electrons. The predicted molar refractivity (Wildman–Crippen MR) is 76.0 cm³/mol. The molecule has 1 aromatic rings. The van der Waals surface area contributed by atoms with E-state index in [2.05, 4.69) is 34.7 Å². The van der Waals surface area contributed by atoms with E-state index in [0.29, 0.717) is 24.7 Å². The lowest BCUT2D eigenvalue weighted by Crippen LogP contribution is -2.36. The van der Waals surface area contributed by atoms with Crippen molar-refractivity contribution >= 4 is 15.9 Å². The van der Waals surface area contributed by atoms with Crippen LogP contribution < -0.4 is 0 Å². The highest BCUT2D eigenvalue weighted by Gasteiger charge is 2.16. The van der Waals surface area contributed by atoms with Crippen molar-refractivity contribution in [3.05, 3.63) is 34.1 Å². The van der Waals surface area contributed by atoms with Gasteiger partial charge in [-0.15, -0.1) is 0 Å². The molecule has 0 aliphatic heterocycles. The molecule has 0 radical (unpaired) electrons. The third-order valence-corrected chi connectivity index (χ3v) is 3.73. The molecule has 1 aromatic carbocycles. The largest absolute Gasteiger partial charge is 0.395 e. The van der Waals surface area contributed by atoms with Gasteiger partial charge in [-0.3, -0.25) is 4.90 Å². The summed E-state index contributed by atoms with van der Waals surface area (Å²) in [4.78, 5) is 2.15. The Hall–Kier alpha value is -0.450. The second-order valence-corrected chi connectivity index (χ2v) is 5.32. The minimum atomic E-state index is -0.196. The van der Waals surface area contributed by atoms with E-state index in [0.717, 1.165) is 17.3 Å². The number of aliphatic hydroxyl groups is 1. The van der Waals surface area contributed by atoms with Crippen LogP contribution in [0.15, 0.2) is 22.7 Å². The molecule has 0 saturated heterocycles. The molecule has 0 aromatic heterocycles. The number of aliphatic hydroxyl groups excluding tert-OH is 1. The van der Waals surface area contributed by atoms with E-state index in [4.69, 9.17) is 5.11 Å². The first-order chi connectivity index (χ1) is 8.62. The molecule has 18 heavy (non-hydrogen) atoms. The highest BCUT2D eigenvalue weighted by molar-refractivity contribution is 9.10. The quantitative estimate of drug-likeness (QED) is 0.831. The van der Waals surface area contributed by atoms with Gasteiger partial charge in [0.05, 0.1) is 6.61 Å². The minimum absolute atomic E-state index is 0.106. The Morgan fingerprint density at radius 1 is 1.33 bits per heavy atom. The number of benzene rings is 1. The van der Waals surface area contributed by atoms with Crippen LogP contribution in [-0.4, -0.2) is 29.2 Å². The molecule has 0 spiro atoms. The fraction of sp³-hybridized carbons (Fsp3) is 0.571. The van der Waals surface area contributed by atoms with Crippen LogP contribution in [0.5, 0.6) is 0 Å². The van der Waals surface area contributed by atoms with Crippen LogP contribution in [0.3, 0.4) is 0 Å². The standard InChI is InChI=1S/C14H21BrFNO/c1-3-13(4-2)17(7-8-18)10-11-5-6-12(15)9-14(11)16/h5-6,9,13,18H,3-4,7-8,10H2,1-2H3. The van der Waals surface area contributed by atoms with Crippen molar-refractivity contribution in [2.75, 3.05) is 13.2 Å². The monoisotopic (exact) mass is 317 g/mol. The zero-order valence-electron chi connectivity index (χ0n) is 11.0. The lowest BCUT2D eigenvalue weighted by atomic mass is 10.1. The normalized spacial score (nSPS) is 11.5. The fourth-order valence-corrected chi connectivity index (χ4v) is 2.53. The summed E-state index contributed by atoms with van der Waals surface area (Å²) in [7, 11) is 0. The molecule has 1 rings (SSSR count). The highest BCUT2D eigenvalue weighted by Crippen LogP contribution is 2.19. The molecule has 4 heteroatoms. The van der Waals surface area contributed by atoms with E-state index in [-0.39, 0.29) is 12.4 Å². The number of rotatable bonds is 7. The van der Waals surface area contributed by atoms with Gasteiger partial charge in [0.15, 0.2) is 0 Å². The van der Waals surface area contributed by atoms with Gasteiger partial charge in [-0.1, -0.05) is 35.8 Å². The van der Waals surface area contributed by atoms with Crippen LogP contribution in [0.1, 0.15) is 32.3 Å². The molecule has 0 aliphatic carbocycles. The van der Waals surface area contributed by atoms with Gasteiger partial charge in [-0.2, -0.15) is 0 Å². The Balaban J connectivity index is 2.82. The van der Waals surface area contributed by atoms with Crippen molar-refractivity contribution < 1.29 is 9.50 Å². The van der Waals surface area contributed by atoms with Gasteiger partial charge in [0.25, 0.3) is 0 Å². The summed E-state index contributed by atoms with van der Waals surface area (Å²) in [6.07, 6.45) is 2.02. The smallest absolute Gasteiger partial charge is 0.128 e. The second kappa shape index (κ2) is 7.87. The molecule has 0 bridgehead atoms. The van der Waals surface area contributed by atoms with Crippen molar-refractivity contribution in [3.63, 3.8) is 0 Å². The summed E-state index contributed by atoms with van der Waals surface area (Å²) in [6.45, 7) is 5.48. The van der Waals surface area contributed by atoms with Crippen LogP contribution in [0, 0.1) is 5.82 Å². The van der Waals surface area contributed by atoms with E-state index in [9.17, 15) is 4.39 Å². The molecular weight excluding hydrogens is 297 g/mol. The lowest BCUT2D eigenvalue weighted by Gasteiger charge is -2.30. The summed E-state index contributed by atoms with van der Waals surface area (Å²) in [5.41, 5.74) is 0.679. The summed E-state index contributed by atoms with van der Waals surface area (Å²) in [6, 6.07) is 5.52. The maximum absolute atomic E-state index is 13.8. The third-order valence-electron chi connectivity index (χ3n) is 3.23. The molecule has 0 aliphatic rings. The average molecular weight is 318 g/mol. The van der Waals surface area contributed by atoms with Crippen LogP contribution in [0.4, 0.5) is 4.39 Å². The van der Waals surface area contributed by atoms with Gasteiger partial charge < -0.3 is 5.11 Å². The molecule has 0 amide bonds. The maximum Gasteiger partial charge on any atom is 0.128 e. The molecule has 2 nitrogen and oxygen atoms in total. The topological polar surface area (TPSA) is 23.5 Å². The minimum Gasteiger partial charge on any atom is -0.395 e. The summed E-state index contributed by atoms with van der Waals surface area (Å²) < 4.78 is 14.6. The zero-order chi connectivity index (χ0) is 13.5. The van der Waals surface area contributed by atoms with Crippen LogP contribution in [0.2, 0.25) is 0 Å². The maximum atomic E-state index is 13.8. The van der Waals surface area contributed by atoms with Crippen LogP contribution in [0.25, 0.3) is 0 Å². The van der Waals surface area contributed by atoms with E-state index >= 15 is 0 Å². The Bertz CT molecular complexity index is 369. The zero-order valence-corrected chi connectivity index (χ0v) is 12.6. The van der Waals surface area contributed by atoms with Crippen molar-refractivity contribution in [1.82, 2.24) is 4.90 Å².